The maximum atomic E-state index is 13.1. The Morgan fingerprint density at radius 3 is 2.62 bits per heavy atom. The fraction of sp³-hybridized carbons (Fsp3) is 0.444. The van der Waals surface area contributed by atoms with Gasteiger partial charge in [-0.2, -0.15) is 0 Å². The molecule has 1 saturated carbocycles. The average Bonchev–Trinajstić information content (AvgIpc) is 3.35. The number of benzene rings is 1. The van der Waals surface area contributed by atoms with Gasteiger partial charge in [0.15, 0.2) is 0 Å². The molecule has 3 rings (SSSR count). The first-order valence-electron chi connectivity index (χ1n) is 8.05. The fourth-order valence-corrected chi connectivity index (χ4v) is 3.53. The third-order valence-electron chi connectivity index (χ3n) is 4.32. The second-order valence-electron chi connectivity index (χ2n) is 6.01. The van der Waals surface area contributed by atoms with Crippen molar-refractivity contribution in [3.63, 3.8) is 0 Å². The number of thiazole rings is 1. The number of anilines is 1. The Morgan fingerprint density at radius 1 is 1.33 bits per heavy atom. The first-order valence-corrected chi connectivity index (χ1v) is 8.93. The minimum absolute atomic E-state index is 0.0573. The number of nitrogens with zero attached hydrogens (tertiary/aromatic N) is 2. The van der Waals surface area contributed by atoms with Gasteiger partial charge >= 0.3 is 0 Å². The SMILES string of the molecule is COCc1nc(C(=O)N(c2ccc(OC)cc2)C(C)C2CC2)cs1. The minimum atomic E-state index is -0.0573. The van der Waals surface area contributed by atoms with E-state index in [1.165, 1.54) is 24.2 Å². The third kappa shape index (κ3) is 3.60. The van der Waals surface area contributed by atoms with Crippen LogP contribution in [0.1, 0.15) is 35.3 Å². The highest BCUT2D eigenvalue weighted by Crippen LogP contribution is 2.38. The summed E-state index contributed by atoms with van der Waals surface area (Å²) in [6, 6.07) is 7.77. The summed E-state index contributed by atoms with van der Waals surface area (Å²) in [7, 11) is 3.26. The van der Waals surface area contributed by atoms with Gasteiger partial charge in [-0.25, -0.2) is 4.98 Å². The van der Waals surface area contributed by atoms with Gasteiger partial charge in [0, 0.05) is 24.2 Å². The molecule has 5 nitrogen and oxygen atoms in total. The molecule has 24 heavy (non-hydrogen) atoms. The number of carbonyl (C=O) groups excluding carboxylic acids is 1. The molecular formula is C18H22N2O3S. The Morgan fingerprint density at radius 2 is 2.04 bits per heavy atom. The maximum absolute atomic E-state index is 13.1. The fourth-order valence-electron chi connectivity index (χ4n) is 2.79. The van der Waals surface area contributed by atoms with E-state index < -0.39 is 0 Å². The molecule has 1 amide bonds. The molecule has 1 aliphatic rings. The summed E-state index contributed by atoms with van der Waals surface area (Å²) >= 11 is 1.45. The van der Waals surface area contributed by atoms with Crippen LogP contribution in [-0.2, 0) is 11.3 Å². The molecule has 2 aromatic rings. The van der Waals surface area contributed by atoms with E-state index in [9.17, 15) is 4.79 Å². The number of aromatic nitrogens is 1. The van der Waals surface area contributed by atoms with Crippen molar-refractivity contribution in [3.8, 4) is 5.75 Å². The van der Waals surface area contributed by atoms with Crippen molar-refractivity contribution in [2.75, 3.05) is 19.1 Å². The van der Waals surface area contributed by atoms with Crippen molar-refractivity contribution in [2.24, 2.45) is 5.92 Å². The van der Waals surface area contributed by atoms with Gasteiger partial charge in [-0.05, 0) is 49.9 Å². The van der Waals surface area contributed by atoms with Gasteiger partial charge in [0.05, 0.1) is 13.7 Å². The normalized spacial score (nSPS) is 15.1. The van der Waals surface area contributed by atoms with E-state index in [1.54, 1.807) is 14.2 Å². The molecule has 0 bridgehead atoms. The van der Waals surface area contributed by atoms with E-state index >= 15 is 0 Å². The molecule has 1 aromatic heterocycles. The number of rotatable bonds is 7. The maximum Gasteiger partial charge on any atom is 0.278 e. The van der Waals surface area contributed by atoms with Gasteiger partial charge in [-0.1, -0.05) is 0 Å². The van der Waals surface area contributed by atoms with Crippen molar-refractivity contribution < 1.29 is 14.3 Å². The van der Waals surface area contributed by atoms with Crippen molar-refractivity contribution >= 4 is 22.9 Å². The minimum Gasteiger partial charge on any atom is -0.497 e. The van der Waals surface area contributed by atoms with Crippen molar-refractivity contribution in [2.45, 2.75) is 32.4 Å². The lowest BCUT2D eigenvalue weighted by molar-refractivity contribution is 0.0971. The molecule has 1 aromatic carbocycles. The molecule has 0 saturated heterocycles. The molecule has 1 aliphatic carbocycles. The molecule has 1 fully saturated rings. The Balaban J connectivity index is 1.89. The Bertz CT molecular complexity index is 695. The summed E-state index contributed by atoms with van der Waals surface area (Å²) in [5.41, 5.74) is 1.36. The van der Waals surface area contributed by atoms with Gasteiger partial charge in [-0.15, -0.1) is 11.3 Å². The van der Waals surface area contributed by atoms with Crippen molar-refractivity contribution in [3.05, 3.63) is 40.3 Å². The summed E-state index contributed by atoms with van der Waals surface area (Å²) in [5.74, 6) is 1.28. The zero-order valence-electron chi connectivity index (χ0n) is 14.2. The zero-order chi connectivity index (χ0) is 17.1. The molecule has 1 unspecified atom stereocenters. The van der Waals surface area contributed by atoms with E-state index in [0.717, 1.165) is 16.4 Å². The number of carbonyl (C=O) groups is 1. The highest BCUT2D eigenvalue weighted by Gasteiger charge is 2.36. The molecule has 0 spiro atoms. The van der Waals surface area contributed by atoms with Gasteiger partial charge in [0.25, 0.3) is 5.91 Å². The van der Waals surface area contributed by atoms with Crippen molar-refractivity contribution in [1.29, 1.82) is 0 Å². The molecule has 0 aliphatic heterocycles. The summed E-state index contributed by atoms with van der Waals surface area (Å²) in [6.45, 7) is 2.54. The van der Waals surface area contributed by atoms with Crippen LogP contribution in [0.3, 0.4) is 0 Å². The Labute approximate surface area is 146 Å². The summed E-state index contributed by atoms with van der Waals surface area (Å²) in [6.07, 6.45) is 2.35. The molecule has 128 valence electrons. The monoisotopic (exact) mass is 346 g/mol. The van der Waals surface area contributed by atoms with Crippen LogP contribution in [0, 0.1) is 5.92 Å². The first-order chi connectivity index (χ1) is 11.6. The number of hydrogen-bond acceptors (Lipinski definition) is 5. The number of methoxy groups -OCH3 is 2. The first kappa shape index (κ1) is 16.9. The molecule has 1 heterocycles. The zero-order valence-corrected chi connectivity index (χ0v) is 15.0. The second kappa shape index (κ2) is 7.32. The number of amides is 1. The van der Waals surface area contributed by atoms with Crippen molar-refractivity contribution in [1.82, 2.24) is 4.98 Å². The molecule has 0 N–H and O–H groups in total. The van der Waals surface area contributed by atoms with Gasteiger partial charge in [-0.3, -0.25) is 4.79 Å². The van der Waals surface area contributed by atoms with Crippen LogP contribution in [0.25, 0.3) is 0 Å². The van der Waals surface area contributed by atoms with Crippen LogP contribution in [-0.4, -0.2) is 31.2 Å². The molecule has 1 atom stereocenters. The predicted molar refractivity (Wildman–Crippen MR) is 94.8 cm³/mol. The van der Waals surface area contributed by atoms with E-state index in [2.05, 4.69) is 11.9 Å². The lowest BCUT2D eigenvalue weighted by Gasteiger charge is -2.29. The van der Waals surface area contributed by atoms with Crippen LogP contribution in [0.2, 0.25) is 0 Å². The van der Waals surface area contributed by atoms with Gasteiger partial charge in [0.2, 0.25) is 0 Å². The third-order valence-corrected chi connectivity index (χ3v) is 5.14. The predicted octanol–water partition coefficient (Wildman–Crippen LogP) is 3.74. The highest BCUT2D eigenvalue weighted by molar-refractivity contribution is 7.09. The molecular weight excluding hydrogens is 324 g/mol. The van der Waals surface area contributed by atoms with Crippen LogP contribution in [0.15, 0.2) is 29.6 Å². The van der Waals surface area contributed by atoms with Gasteiger partial charge in [0.1, 0.15) is 16.5 Å². The Hall–Kier alpha value is -1.92. The highest BCUT2D eigenvalue weighted by atomic mass is 32.1. The van der Waals surface area contributed by atoms with E-state index in [1.807, 2.05) is 34.5 Å². The van der Waals surface area contributed by atoms with Gasteiger partial charge < -0.3 is 14.4 Å². The summed E-state index contributed by atoms with van der Waals surface area (Å²) in [5, 5.41) is 2.63. The second-order valence-corrected chi connectivity index (χ2v) is 6.95. The van der Waals surface area contributed by atoms with E-state index in [0.29, 0.717) is 18.2 Å². The lowest BCUT2D eigenvalue weighted by Crippen LogP contribution is -2.40. The van der Waals surface area contributed by atoms with E-state index in [4.69, 9.17) is 9.47 Å². The summed E-state index contributed by atoms with van der Waals surface area (Å²) < 4.78 is 10.3. The number of ether oxygens (including phenoxy) is 2. The Kier molecular flexibility index (Phi) is 5.16. The number of hydrogen-bond donors (Lipinski definition) is 0. The van der Waals surface area contributed by atoms with E-state index in [-0.39, 0.29) is 11.9 Å². The topological polar surface area (TPSA) is 51.7 Å². The smallest absolute Gasteiger partial charge is 0.278 e. The molecule has 6 heteroatoms. The average molecular weight is 346 g/mol. The van der Waals surface area contributed by atoms with Crippen LogP contribution < -0.4 is 9.64 Å². The van der Waals surface area contributed by atoms with Crippen LogP contribution >= 0.6 is 11.3 Å². The summed E-state index contributed by atoms with van der Waals surface area (Å²) in [4.78, 5) is 19.4. The van der Waals surface area contributed by atoms with Crippen LogP contribution in [0.4, 0.5) is 5.69 Å². The largest absolute Gasteiger partial charge is 0.497 e. The standard InChI is InChI=1S/C18H22N2O3S/c1-12(13-4-5-13)20(14-6-8-15(23-3)9-7-14)18(21)16-11-24-17(19-16)10-22-2/h6-9,11-13H,4-5,10H2,1-3H3. The molecule has 0 radical (unpaired) electrons. The lowest BCUT2D eigenvalue weighted by atomic mass is 10.1. The van der Waals surface area contributed by atoms with Crippen LogP contribution in [0.5, 0.6) is 5.75 Å². The quantitative estimate of drug-likeness (QED) is 0.766.